The van der Waals surface area contributed by atoms with Crippen molar-refractivity contribution in [3.8, 4) is 23.1 Å². The predicted octanol–water partition coefficient (Wildman–Crippen LogP) is 3.92. The van der Waals surface area contributed by atoms with Crippen LogP contribution in [0.1, 0.15) is 16.7 Å². The molecule has 5 nitrogen and oxygen atoms in total. The SMILES string of the molecule is CSc1nc(-c2ccccc2OCc2cccc(C)c2)c(C#N)c(=O)[nH]1. The van der Waals surface area contributed by atoms with Gasteiger partial charge in [0.2, 0.25) is 0 Å². The Morgan fingerprint density at radius 2 is 2.04 bits per heavy atom. The van der Waals surface area contributed by atoms with E-state index in [1.807, 2.05) is 55.6 Å². The molecule has 0 saturated carbocycles. The van der Waals surface area contributed by atoms with Gasteiger partial charge in [-0.3, -0.25) is 4.79 Å². The average Bonchev–Trinajstić information content (AvgIpc) is 2.66. The van der Waals surface area contributed by atoms with Crippen LogP contribution in [0.15, 0.2) is 58.5 Å². The van der Waals surface area contributed by atoms with Gasteiger partial charge in [0.1, 0.15) is 29.7 Å². The van der Waals surface area contributed by atoms with Crippen molar-refractivity contribution in [2.45, 2.75) is 18.7 Å². The van der Waals surface area contributed by atoms with Crippen LogP contribution in [0.2, 0.25) is 0 Å². The lowest BCUT2D eigenvalue weighted by Gasteiger charge is -2.12. The van der Waals surface area contributed by atoms with Crippen LogP contribution in [0.5, 0.6) is 5.75 Å². The van der Waals surface area contributed by atoms with Crippen molar-refractivity contribution < 1.29 is 4.74 Å². The van der Waals surface area contributed by atoms with Crippen LogP contribution >= 0.6 is 11.8 Å². The number of aromatic amines is 1. The fourth-order valence-corrected chi connectivity index (χ4v) is 2.98. The number of para-hydroxylation sites is 1. The highest BCUT2D eigenvalue weighted by Gasteiger charge is 2.16. The molecule has 1 aromatic heterocycles. The van der Waals surface area contributed by atoms with Crippen LogP contribution in [0.25, 0.3) is 11.3 Å². The monoisotopic (exact) mass is 363 g/mol. The summed E-state index contributed by atoms with van der Waals surface area (Å²) in [6.45, 7) is 2.42. The number of hydrogen-bond acceptors (Lipinski definition) is 5. The van der Waals surface area contributed by atoms with E-state index in [2.05, 4.69) is 16.0 Å². The molecule has 0 aliphatic carbocycles. The van der Waals surface area contributed by atoms with Crippen LogP contribution in [0, 0.1) is 18.3 Å². The van der Waals surface area contributed by atoms with Crippen LogP contribution in [-0.2, 0) is 6.61 Å². The fraction of sp³-hybridized carbons (Fsp3) is 0.150. The van der Waals surface area contributed by atoms with Crippen LogP contribution < -0.4 is 10.3 Å². The lowest BCUT2D eigenvalue weighted by molar-refractivity contribution is 0.307. The molecule has 3 aromatic rings. The van der Waals surface area contributed by atoms with Crippen molar-refractivity contribution in [3.63, 3.8) is 0 Å². The molecule has 0 atom stereocenters. The Kier molecular flexibility index (Phi) is 5.40. The summed E-state index contributed by atoms with van der Waals surface area (Å²) >= 11 is 1.31. The Hall–Kier alpha value is -3.04. The Balaban J connectivity index is 2.01. The summed E-state index contributed by atoms with van der Waals surface area (Å²) in [6.07, 6.45) is 1.81. The van der Waals surface area contributed by atoms with Gasteiger partial charge < -0.3 is 9.72 Å². The number of thioether (sulfide) groups is 1. The number of benzene rings is 2. The number of nitriles is 1. The first-order valence-corrected chi connectivity index (χ1v) is 9.21. The highest BCUT2D eigenvalue weighted by atomic mass is 32.2. The van der Waals surface area contributed by atoms with Gasteiger partial charge in [-0.15, -0.1) is 0 Å². The van der Waals surface area contributed by atoms with Gasteiger partial charge >= 0.3 is 0 Å². The second kappa shape index (κ2) is 7.89. The zero-order chi connectivity index (χ0) is 18.5. The van der Waals surface area contributed by atoms with Gasteiger partial charge in [-0.1, -0.05) is 53.7 Å². The Morgan fingerprint density at radius 3 is 2.77 bits per heavy atom. The third kappa shape index (κ3) is 3.79. The molecule has 0 spiro atoms. The van der Waals surface area contributed by atoms with Crippen LogP contribution in [0.3, 0.4) is 0 Å². The molecule has 3 rings (SSSR count). The number of H-pyrrole nitrogens is 1. The van der Waals surface area contributed by atoms with E-state index in [9.17, 15) is 10.1 Å². The van der Waals surface area contributed by atoms with E-state index in [-0.39, 0.29) is 5.56 Å². The topological polar surface area (TPSA) is 78.8 Å². The second-order valence-electron chi connectivity index (χ2n) is 5.68. The van der Waals surface area contributed by atoms with Gasteiger partial charge in [-0.2, -0.15) is 5.26 Å². The molecule has 0 radical (unpaired) electrons. The molecule has 130 valence electrons. The van der Waals surface area contributed by atoms with Crippen molar-refractivity contribution >= 4 is 11.8 Å². The zero-order valence-corrected chi connectivity index (χ0v) is 15.3. The summed E-state index contributed by atoms with van der Waals surface area (Å²) in [5.41, 5.74) is 2.69. The smallest absolute Gasteiger partial charge is 0.270 e. The maximum atomic E-state index is 12.2. The molecule has 26 heavy (non-hydrogen) atoms. The number of rotatable bonds is 5. The summed E-state index contributed by atoms with van der Waals surface area (Å²) < 4.78 is 5.98. The third-order valence-corrected chi connectivity index (χ3v) is 4.40. The number of hydrogen-bond donors (Lipinski definition) is 1. The predicted molar refractivity (Wildman–Crippen MR) is 102 cm³/mol. The largest absolute Gasteiger partial charge is 0.488 e. The summed E-state index contributed by atoms with van der Waals surface area (Å²) in [5, 5.41) is 9.85. The van der Waals surface area contributed by atoms with Gasteiger partial charge in [0.15, 0.2) is 5.16 Å². The molecule has 0 amide bonds. The Labute approximate surface area is 155 Å². The van der Waals surface area contributed by atoms with Crippen LogP contribution in [-0.4, -0.2) is 16.2 Å². The lowest BCUT2D eigenvalue weighted by Crippen LogP contribution is -2.15. The summed E-state index contributed by atoms with van der Waals surface area (Å²) in [4.78, 5) is 19.2. The van der Waals surface area contributed by atoms with Gasteiger partial charge in [0.25, 0.3) is 5.56 Å². The summed E-state index contributed by atoms with van der Waals surface area (Å²) in [5.74, 6) is 0.579. The van der Waals surface area contributed by atoms with E-state index in [1.54, 1.807) is 6.07 Å². The van der Waals surface area contributed by atoms with Crippen molar-refractivity contribution in [3.05, 3.63) is 75.6 Å². The van der Waals surface area contributed by atoms with Crippen molar-refractivity contribution in [2.75, 3.05) is 6.26 Å². The molecule has 1 N–H and O–H groups in total. The molecule has 0 aliphatic rings. The molecule has 0 saturated heterocycles. The zero-order valence-electron chi connectivity index (χ0n) is 14.4. The summed E-state index contributed by atoms with van der Waals surface area (Å²) in [6, 6.07) is 17.3. The minimum atomic E-state index is -0.449. The highest BCUT2D eigenvalue weighted by molar-refractivity contribution is 7.98. The van der Waals surface area contributed by atoms with Gasteiger partial charge in [-0.25, -0.2) is 4.98 Å². The van der Waals surface area contributed by atoms with E-state index in [0.29, 0.717) is 28.8 Å². The first-order chi connectivity index (χ1) is 12.6. The Morgan fingerprint density at radius 1 is 1.23 bits per heavy atom. The summed E-state index contributed by atoms with van der Waals surface area (Å²) in [7, 11) is 0. The second-order valence-corrected chi connectivity index (χ2v) is 6.48. The first-order valence-electron chi connectivity index (χ1n) is 7.98. The molecule has 6 heteroatoms. The average molecular weight is 363 g/mol. The van der Waals surface area contributed by atoms with E-state index < -0.39 is 5.56 Å². The molecule has 0 unspecified atom stereocenters. The number of nitrogens with zero attached hydrogens (tertiary/aromatic N) is 2. The van der Waals surface area contributed by atoms with Gasteiger partial charge in [0, 0.05) is 5.56 Å². The van der Waals surface area contributed by atoms with Gasteiger partial charge in [0.05, 0.1) is 0 Å². The maximum absolute atomic E-state index is 12.2. The highest BCUT2D eigenvalue weighted by Crippen LogP contribution is 2.31. The van der Waals surface area contributed by atoms with E-state index >= 15 is 0 Å². The Bertz CT molecular complexity index is 1040. The first kappa shape index (κ1) is 17.8. The molecule has 0 aliphatic heterocycles. The maximum Gasteiger partial charge on any atom is 0.270 e. The molecule has 1 heterocycles. The molecular formula is C20H17N3O2S. The lowest BCUT2D eigenvalue weighted by atomic mass is 10.1. The molecule has 2 aromatic carbocycles. The van der Waals surface area contributed by atoms with E-state index in [4.69, 9.17) is 4.74 Å². The van der Waals surface area contributed by atoms with Crippen LogP contribution in [0.4, 0.5) is 0 Å². The normalized spacial score (nSPS) is 10.3. The number of aromatic nitrogens is 2. The van der Waals surface area contributed by atoms with Gasteiger partial charge in [-0.05, 0) is 30.9 Å². The number of nitrogens with one attached hydrogen (secondary N) is 1. The minimum Gasteiger partial charge on any atom is -0.488 e. The number of ether oxygens (including phenoxy) is 1. The third-order valence-electron chi connectivity index (χ3n) is 3.82. The minimum absolute atomic E-state index is 0.0191. The van der Waals surface area contributed by atoms with E-state index in [0.717, 1.165) is 11.1 Å². The van der Waals surface area contributed by atoms with Crippen molar-refractivity contribution in [1.29, 1.82) is 5.26 Å². The van der Waals surface area contributed by atoms with E-state index in [1.165, 1.54) is 11.8 Å². The van der Waals surface area contributed by atoms with Crippen molar-refractivity contribution in [2.24, 2.45) is 0 Å². The molecule has 0 bridgehead atoms. The fourth-order valence-electron chi connectivity index (χ4n) is 2.60. The van der Waals surface area contributed by atoms with Crippen molar-refractivity contribution in [1.82, 2.24) is 9.97 Å². The molecule has 0 fully saturated rings. The number of aryl methyl sites for hydroxylation is 1. The standard InChI is InChI=1S/C20H17N3O2S/c1-13-6-5-7-14(10-13)12-25-17-9-4-3-8-15(17)18-16(11-21)19(24)23-20(22-18)26-2/h3-10H,12H2,1-2H3,(H,22,23,24). The quantitative estimate of drug-likeness (QED) is 0.549. The molecular weight excluding hydrogens is 346 g/mol.